The first-order valence-electron chi connectivity index (χ1n) is 6.54. The summed E-state index contributed by atoms with van der Waals surface area (Å²) in [6.45, 7) is -0.250. The van der Waals surface area contributed by atoms with Crippen LogP contribution in [0.25, 0.3) is 0 Å². The van der Waals surface area contributed by atoms with Gasteiger partial charge in [-0.1, -0.05) is 30.3 Å². The lowest BCUT2D eigenvalue weighted by atomic mass is 10.1. The van der Waals surface area contributed by atoms with Gasteiger partial charge in [-0.15, -0.1) is 0 Å². The number of nitrogens with one attached hydrogen (secondary N) is 1. The van der Waals surface area contributed by atoms with Crippen LogP contribution in [0.5, 0.6) is 5.75 Å². The van der Waals surface area contributed by atoms with Crippen molar-refractivity contribution in [1.29, 1.82) is 0 Å². The van der Waals surface area contributed by atoms with Gasteiger partial charge in [0, 0.05) is 6.07 Å². The lowest BCUT2D eigenvalue weighted by molar-refractivity contribution is 0.0912. The van der Waals surface area contributed by atoms with Crippen molar-refractivity contribution in [2.75, 3.05) is 6.61 Å². The SMILES string of the molecule is O=C(NC(CO)Cc1ccccc1)c1ccc(O)cc1F. The molecule has 2 aromatic rings. The van der Waals surface area contributed by atoms with Crippen molar-refractivity contribution in [2.45, 2.75) is 12.5 Å². The number of aromatic hydroxyl groups is 1. The molecular weight excluding hydrogens is 273 g/mol. The summed E-state index contributed by atoms with van der Waals surface area (Å²) in [5, 5.41) is 21.1. The molecule has 0 aromatic heterocycles. The molecule has 0 radical (unpaired) electrons. The Morgan fingerprint density at radius 3 is 2.52 bits per heavy atom. The largest absolute Gasteiger partial charge is 0.508 e. The zero-order valence-electron chi connectivity index (χ0n) is 11.3. The fraction of sp³-hybridized carbons (Fsp3) is 0.188. The third-order valence-electron chi connectivity index (χ3n) is 3.08. The lowest BCUT2D eigenvalue weighted by Crippen LogP contribution is -2.39. The van der Waals surface area contributed by atoms with Gasteiger partial charge in [0.05, 0.1) is 18.2 Å². The molecule has 21 heavy (non-hydrogen) atoms. The third kappa shape index (κ3) is 4.03. The fourth-order valence-electron chi connectivity index (χ4n) is 2.01. The van der Waals surface area contributed by atoms with E-state index in [2.05, 4.69) is 5.32 Å². The first-order valence-corrected chi connectivity index (χ1v) is 6.54. The molecule has 1 unspecified atom stereocenters. The van der Waals surface area contributed by atoms with Crippen LogP contribution in [-0.2, 0) is 6.42 Å². The number of rotatable bonds is 5. The maximum Gasteiger partial charge on any atom is 0.254 e. The van der Waals surface area contributed by atoms with Crippen LogP contribution in [0.15, 0.2) is 48.5 Å². The molecule has 0 spiro atoms. The summed E-state index contributed by atoms with van der Waals surface area (Å²) < 4.78 is 13.6. The van der Waals surface area contributed by atoms with Crippen molar-refractivity contribution >= 4 is 5.91 Å². The zero-order chi connectivity index (χ0) is 15.2. The van der Waals surface area contributed by atoms with E-state index in [1.54, 1.807) is 0 Å². The maximum atomic E-state index is 13.6. The van der Waals surface area contributed by atoms with E-state index in [-0.39, 0.29) is 17.9 Å². The zero-order valence-corrected chi connectivity index (χ0v) is 11.3. The number of aliphatic hydroxyl groups is 1. The van der Waals surface area contributed by atoms with Crippen LogP contribution in [0.3, 0.4) is 0 Å². The predicted molar refractivity (Wildman–Crippen MR) is 76.6 cm³/mol. The number of carbonyl (C=O) groups is 1. The van der Waals surface area contributed by atoms with Gasteiger partial charge in [-0.05, 0) is 24.1 Å². The molecule has 3 N–H and O–H groups in total. The molecule has 1 amide bonds. The molecule has 0 fully saturated rings. The van der Waals surface area contributed by atoms with Gasteiger partial charge in [-0.3, -0.25) is 4.79 Å². The minimum Gasteiger partial charge on any atom is -0.508 e. The smallest absolute Gasteiger partial charge is 0.254 e. The first-order chi connectivity index (χ1) is 10.1. The molecule has 5 heteroatoms. The monoisotopic (exact) mass is 289 g/mol. The normalized spacial score (nSPS) is 11.9. The number of hydrogen-bond donors (Lipinski definition) is 3. The molecule has 2 aromatic carbocycles. The van der Waals surface area contributed by atoms with Crippen LogP contribution in [0.1, 0.15) is 15.9 Å². The van der Waals surface area contributed by atoms with Crippen molar-refractivity contribution in [3.05, 3.63) is 65.5 Å². The Hall–Kier alpha value is -2.40. The fourth-order valence-corrected chi connectivity index (χ4v) is 2.01. The summed E-state index contributed by atoms with van der Waals surface area (Å²) in [4.78, 5) is 12.0. The van der Waals surface area contributed by atoms with Crippen LogP contribution < -0.4 is 5.32 Å². The molecule has 0 aliphatic heterocycles. The Bertz CT molecular complexity index is 616. The highest BCUT2D eigenvalue weighted by molar-refractivity contribution is 5.94. The second kappa shape index (κ2) is 6.85. The number of phenolic OH excluding ortho intramolecular Hbond substituents is 1. The summed E-state index contributed by atoms with van der Waals surface area (Å²) in [7, 11) is 0. The molecule has 0 saturated carbocycles. The Morgan fingerprint density at radius 1 is 1.19 bits per heavy atom. The minimum absolute atomic E-state index is 0.167. The molecule has 110 valence electrons. The van der Waals surface area contributed by atoms with Gasteiger partial charge in [-0.25, -0.2) is 4.39 Å². The molecule has 0 bridgehead atoms. The Labute approximate surface area is 121 Å². The molecule has 4 nitrogen and oxygen atoms in total. The Kier molecular flexibility index (Phi) is 4.90. The number of carbonyl (C=O) groups excluding carboxylic acids is 1. The van der Waals surface area contributed by atoms with Gasteiger partial charge in [0.1, 0.15) is 11.6 Å². The van der Waals surface area contributed by atoms with E-state index < -0.39 is 17.8 Å². The Morgan fingerprint density at radius 2 is 1.90 bits per heavy atom. The van der Waals surface area contributed by atoms with Crippen molar-refractivity contribution in [1.82, 2.24) is 5.32 Å². The number of amides is 1. The second-order valence-electron chi connectivity index (χ2n) is 4.71. The lowest BCUT2D eigenvalue weighted by Gasteiger charge is -2.16. The van der Waals surface area contributed by atoms with Crippen molar-refractivity contribution in [2.24, 2.45) is 0 Å². The number of phenols is 1. The second-order valence-corrected chi connectivity index (χ2v) is 4.71. The molecular formula is C16H16FNO3. The van der Waals surface area contributed by atoms with E-state index in [1.807, 2.05) is 30.3 Å². The van der Waals surface area contributed by atoms with Crippen molar-refractivity contribution in [3.8, 4) is 5.75 Å². The first kappa shape index (κ1) is 15.0. The topological polar surface area (TPSA) is 69.6 Å². The summed E-state index contributed by atoms with van der Waals surface area (Å²) in [6.07, 6.45) is 0.447. The molecule has 0 saturated heterocycles. The highest BCUT2D eigenvalue weighted by Crippen LogP contribution is 2.15. The predicted octanol–water partition coefficient (Wildman–Crippen LogP) is 1.86. The summed E-state index contributed by atoms with van der Waals surface area (Å²) in [5.74, 6) is -1.67. The van der Waals surface area contributed by atoms with E-state index in [9.17, 15) is 14.3 Å². The highest BCUT2D eigenvalue weighted by Gasteiger charge is 2.17. The average molecular weight is 289 g/mol. The van der Waals surface area contributed by atoms with Gasteiger partial charge < -0.3 is 15.5 Å². The van der Waals surface area contributed by atoms with E-state index in [0.29, 0.717) is 6.42 Å². The van der Waals surface area contributed by atoms with Crippen LogP contribution in [-0.4, -0.2) is 28.8 Å². The third-order valence-corrected chi connectivity index (χ3v) is 3.08. The summed E-state index contributed by atoms with van der Waals surface area (Å²) in [6, 6.07) is 12.2. The van der Waals surface area contributed by atoms with E-state index >= 15 is 0 Å². The molecule has 0 aliphatic rings. The number of halogens is 1. The Balaban J connectivity index is 2.06. The number of aliphatic hydroxyl groups excluding tert-OH is 1. The summed E-state index contributed by atoms with van der Waals surface area (Å²) in [5.41, 5.74) is 0.794. The van der Waals surface area contributed by atoms with Crippen LogP contribution in [0.2, 0.25) is 0 Å². The number of hydrogen-bond acceptors (Lipinski definition) is 3. The minimum atomic E-state index is -0.802. The van der Waals surface area contributed by atoms with Crippen molar-refractivity contribution in [3.63, 3.8) is 0 Å². The summed E-state index contributed by atoms with van der Waals surface area (Å²) >= 11 is 0. The maximum absolute atomic E-state index is 13.6. The molecule has 0 heterocycles. The number of benzene rings is 2. The van der Waals surface area contributed by atoms with Crippen LogP contribution >= 0.6 is 0 Å². The van der Waals surface area contributed by atoms with Crippen LogP contribution in [0, 0.1) is 5.82 Å². The van der Waals surface area contributed by atoms with Gasteiger partial charge >= 0.3 is 0 Å². The molecule has 1 atom stereocenters. The molecule has 2 rings (SSSR count). The van der Waals surface area contributed by atoms with Gasteiger partial charge in [0.15, 0.2) is 0 Å². The van der Waals surface area contributed by atoms with Gasteiger partial charge in [-0.2, -0.15) is 0 Å². The van der Waals surface area contributed by atoms with E-state index in [4.69, 9.17) is 5.11 Å². The standard InChI is InChI=1S/C16H16FNO3/c17-15-9-13(20)6-7-14(15)16(21)18-12(10-19)8-11-4-2-1-3-5-11/h1-7,9,12,19-20H,8,10H2,(H,18,21). The van der Waals surface area contributed by atoms with Crippen LogP contribution in [0.4, 0.5) is 4.39 Å². The highest BCUT2D eigenvalue weighted by atomic mass is 19.1. The van der Waals surface area contributed by atoms with Crippen molar-refractivity contribution < 1.29 is 19.4 Å². The van der Waals surface area contributed by atoms with Gasteiger partial charge in [0.2, 0.25) is 0 Å². The molecule has 0 aliphatic carbocycles. The quantitative estimate of drug-likeness (QED) is 0.787. The van der Waals surface area contributed by atoms with E-state index in [1.165, 1.54) is 12.1 Å². The van der Waals surface area contributed by atoms with Gasteiger partial charge in [0.25, 0.3) is 5.91 Å². The average Bonchev–Trinajstić information content (AvgIpc) is 2.47. The van der Waals surface area contributed by atoms with E-state index in [0.717, 1.165) is 11.6 Å².